The summed E-state index contributed by atoms with van der Waals surface area (Å²) in [5, 5.41) is 21.6. The number of hydrogen-bond donors (Lipinski definition) is 2. The number of rotatable bonds is 6. The Bertz CT molecular complexity index is 633. The van der Waals surface area contributed by atoms with Gasteiger partial charge in [-0.15, -0.1) is 0 Å². The molecular formula is C19H23ClN2O. The van der Waals surface area contributed by atoms with E-state index in [0.717, 1.165) is 24.2 Å². The average molecular weight is 331 g/mol. The van der Waals surface area contributed by atoms with Gasteiger partial charge in [0.15, 0.2) is 0 Å². The third kappa shape index (κ3) is 6.73. The molecule has 0 radical (unpaired) electrons. The number of hydrogen-bond acceptors (Lipinski definition) is 3. The molecule has 0 fully saturated rings. The zero-order valence-corrected chi connectivity index (χ0v) is 14.4. The lowest BCUT2D eigenvalue weighted by molar-refractivity contribution is 0.299. The number of nitrogens with one attached hydrogen (secondary N) is 1. The molecule has 0 saturated carbocycles. The van der Waals surface area contributed by atoms with Crippen molar-refractivity contribution in [1.29, 1.82) is 5.26 Å². The molecule has 0 bridgehead atoms. The minimum absolute atomic E-state index is 0.177. The normalized spacial score (nSPS) is 9.52. The molecule has 0 aliphatic heterocycles. The van der Waals surface area contributed by atoms with Crippen LogP contribution in [-0.2, 0) is 12.8 Å². The zero-order valence-electron chi connectivity index (χ0n) is 13.6. The van der Waals surface area contributed by atoms with E-state index in [0.29, 0.717) is 17.0 Å². The molecule has 122 valence electrons. The number of aliphatic hydroxyl groups excluding tert-OH is 1. The van der Waals surface area contributed by atoms with Gasteiger partial charge in [0.25, 0.3) is 0 Å². The van der Waals surface area contributed by atoms with Crippen LogP contribution in [0.5, 0.6) is 0 Å². The van der Waals surface area contributed by atoms with Crippen molar-refractivity contribution >= 4 is 17.3 Å². The van der Waals surface area contributed by atoms with Gasteiger partial charge in [0.1, 0.15) is 0 Å². The number of halogens is 1. The first kappa shape index (κ1) is 19.0. The molecule has 2 N–H and O–H groups in total. The molecule has 0 saturated heterocycles. The fourth-order valence-corrected chi connectivity index (χ4v) is 2.34. The summed E-state index contributed by atoms with van der Waals surface area (Å²) in [5.41, 5.74) is 3.78. The van der Waals surface area contributed by atoms with Gasteiger partial charge in [0.2, 0.25) is 0 Å². The number of aliphatic hydroxyl groups is 1. The van der Waals surface area contributed by atoms with Crippen LogP contribution in [0.4, 0.5) is 5.69 Å². The van der Waals surface area contributed by atoms with E-state index in [-0.39, 0.29) is 6.61 Å². The van der Waals surface area contributed by atoms with Gasteiger partial charge in [0, 0.05) is 23.9 Å². The molecule has 0 unspecified atom stereocenters. The first-order chi connectivity index (χ1) is 11.2. The fraction of sp³-hybridized carbons (Fsp3) is 0.316. The van der Waals surface area contributed by atoms with Crippen molar-refractivity contribution in [3.8, 4) is 6.07 Å². The average Bonchev–Trinajstić information content (AvgIpc) is 2.58. The molecule has 0 aromatic heterocycles. The molecule has 2 rings (SSSR count). The summed E-state index contributed by atoms with van der Waals surface area (Å²) < 4.78 is 0. The van der Waals surface area contributed by atoms with Crippen LogP contribution in [-0.4, -0.2) is 18.3 Å². The summed E-state index contributed by atoms with van der Waals surface area (Å²) in [6.45, 7) is 4.95. The Morgan fingerprint density at radius 3 is 2.22 bits per heavy atom. The molecule has 4 heteroatoms. The summed E-state index contributed by atoms with van der Waals surface area (Å²) >= 11 is 5.96. The molecule has 0 atom stereocenters. The van der Waals surface area contributed by atoms with Crippen LogP contribution < -0.4 is 5.32 Å². The van der Waals surface area contributed by atoms with Crippen LogP contribution in [0.2, 0.25) is 5.02 Å². The van der Waals surface area contributed by atoms with E-state index >= 15 is 0 Å². The Labute approximate surface area is 143 Å². The molecule has 2 aromatic carbocycles. The lowest BCUT2D eigenvalue weighted by atomic mass is 10.1. The predicted octanol–water partition coefficient (Wildman–Crippen LogP) is 4.43. The van der Waals surface area contributed by atoms with Crippen molar-refractivity contribution in [2.45, 2.75) is 26.7 Å². The van der Waals surface area contributed by atoms with Gasteiger partial charge in [-0.05, 0) is 42.2 Å². The van der Waals surface area contributed by atoms with Crippen molar-refractivity contribution in [2.75, 3.05) is 18.5 Å². The topological polar surface area (TPSA) is 56.0 Å². The van der Waals surface area contributed by atoms with E-state index in [1.807, 2.05) is 32.0 Å². The molecule has 2 aromatic rings. The van der Waals surface area contributed by atoms with E-state index in [2.05, 4.69) is 23.5 Å². The number of anilines is 1. The summed E-state index contributed by atoms with van der Waals surface area (Å²) in [5.74, 6) is 0. The number of nitrogens with zero attached hydrogens (tertiary/aromatic N) is 1. The van der Waals surface area contributed by atoms with E-state index in [1.54, 1.807) is 12.1 Å². The summed E-state index contributed by atoms with van der Waals surface area (Å²) in [4.78, 5) is 0. The van der Waals surface area contributed by atoms with Gasteiger partial charge in [0.05, 0.1) is 11.6 Å². The van der Waals surface area contributed by atoms with E-state index in [1.165, 1.54) is 5.56 Å². The maximum absolute atomic E-state index is 8.91. The minimum Gasteiger partial charge on any atom is -0.396 e. The van der Waals surface area contributed by atoms with Crippen LogP contribution in [0.3, 0.4) is 0 Å². The second-order valence-corrected chi connectivity index (χ2v) is 5.24. The Morgan fingerprint density at radius 2 is 1.65 bits per heavy atom. The Hall–Kier alpha value is -2.02. The van der Waals surface area contributed by atoms with Crippen molar-refractivity contribution in [3.05, 3.63) is 64.2 Å². The maximum atomic E-state index is 8.91. The van der Waals surface area contributed by atoms with Crippen LogP contribution in [0.25, 0.3) is 0 Å². The molecular weight excluding hydrogens is 308 g/mol. The Kier molecular flexibility index (Phi) is 8.82. The first-order valence-corrected chi connectivity index (χ1v) is 8.22. The highest BCUT2D eigenvalue weighted by Crippen LogP contribution is 2.18. The summed E-state index contributed by atoms with van der Waals surface area (Å²) in [7, 11) is 0. The second kappa shape index (κ2) is 10.7. The van der Waals surface area contributed by atoms with Crippen molar-refractivity contribution in [2.24, 2.45) is 0 Å². The highest BCUT2D eigenvalue weighted by atomic mass is 35.5. The summed E-state index contributed by atoms with van der Waals surface area (Å²) in [6, 6.07) is 15.6. The lowest BCUT2D eigenvalue weighted by Gasteiger charge is -2.08. The van der Waals surface area contributed by atoms with Crippen LogP contribution >= 0.6 is 11.6 Å². The predicted molar refractivity (Wildman–Crippen MR) is 96.9 cm³/mol. The highest BCUT2D eigenvalue weighted by Gasteiger charge is 2.00. The van der Waals surface area contributed by atoms with E-state index in [9.17, 15) is 0 Å². The van der Waals surface area contributed by atoms with Crippen LogP contribution in [0.1, 0.15) is 30.5 Å². The van der Waals surface area contributed by atoms with Gasteiger partial charge in [-0.2, -0.15) is 5.26 Å². The molecule has 0 spiro atoms. The third-order valence-corrected chi connectivity index (χ3v) is 3.41. The fourth-order valence-electron chi connectivity index (χ4n) is 2.11. The molecule has 23 heavy (non-hydrogen) atoms. The SMILES string of the molecule is CC.N#Cc1cc(Cl)cc(NCCc2ccc(CCO)cc2)c1. The molecule has 0 amide bonds. The number of nitriles is 1. The van der Waals surface area contributed by atoms with Gasteiger partial charge in [-0.3, -0.25) is 0 Å². The Morgan fingerprint density at radius 1 is 1.04 bits per heavy atom. The van der Waals surface area contributed by atoms with Crippen LogP contribution in [0.15, 0.2) is 42.5 Å². The van der Waals surface area contributed by atoms with E-state index in [4.69, 9.17) is 22.0 Å². The van der Waals surface area contributed by atoms with Gasteiger partial charge < -0.3 is 10.4 Å². The maximum Gasteiger partial charge on any atom is 0.0992 e. The lowest BCUT2D eigenvalue weighted by Crippen LogP contribution is -2.05. The number of benzene rings is 2. The van der Waals surface area contributed by atoms with Crippen molar-refractivity contribution < 1.29 is 5.11 Å². The highest BCUT2D eigenvalue weighted by molar-refractivity contribution is 6.31. The van der Waals surface area contributed by atoms with Gasteiger partial charge in [-0.1, -0.05) is 49.7 Å². The van der Waals surface area contributed by atoms with E-state index < -0.39 is 0 Å². The third-order valence-electron chi connectivity index (χ3n) is 3.19. The monoisotopic (exact) mass is 330 g/mol. The van der Waals surface area contributed by atoms with Gasteiger partial charge >= 0.3 is 0 Å². The molecule has 0 aliphatic carbocycles. The van der Waals surface area contributed by atoms with Crippen molar-refractivity contribution in [3.63, 3.8) is 0 Å². The first-order valence-electron chi connectivity index (χ1n) is 7.84. The zero-order chi connectivity index (χ0) is 17.1. The quantitative estimate of drug-likeness (QED) is 0.824. The van der Waals surface area contributed by atoms with Gasteiger partial charge in [-0.25, -0.2) is 0 Å². The summed E-state index contributed by atoms with van der Waals surface area (Å²) in [6.07, 6.45) is 1.58. The van der Waals surface area contributed by atoms with Crippen molar-refractivity contribution in [1.82, 2.24) is 0 Å². The largest absolute Gasteiger partial charge is 0.396 e. The minimum atomic E-state index is 0.177. The molecule has 3 nitrogen and oxygen atoms in total. The molecule has 0 aliphatic rings. The molecule has 0 heterocycles. The Balaban J connectivity index is 0.00000127. The smallest absolute Gasteiger partial charge is 0.0992 e. The second-order valence-electron chi connectivity index (χ2n) is 4.81. The van der Waals surface area contributed by atoms with Crippen LogP contribution in [0, 0.1) is 11.3 Å². The standard InChI is InChI=1S/C17H17ClN2O.C2H6/c18-16-9-15(12-19)10-17(11-16)20-7-5-13-1-3-14(4-2-13)6-8-21;1-2/h1-4,9-11,20-21H,5-8H2;1-2H3.